The van der Waals surface area contributed by atoms with Gasteiger partial charge in [-0.2, -0.15) is 0 Å². The van der Waals surface area contributed by atoms with Crippen LogP contribution in [0.2, 0.25) is 0 Å². The molecule has 1 unspecified atom stereocenters. The molecule has 0 spiro atoms. The molecule has 0 saturated heterocycles. The molecule has 1 rings (SSSR count). The standard InChI is InChI=1S/C15H24O/c1-11(2)14-9-8-12(3)6-5-7-13(4)10-15(14)16/h7-8,15-16H,5-6,9-10H2,1-4H3/b12-8+,13-7+. The minimum absolute atomic E-state index is 0.302. The molecule has 0 aromatic heterocycles. The van der Waals surface area contributed by atoms with Gasteiger partial charge in [0.1, 0.15) is 0 Å². The molecule has 0 radical (unpaired) electrons. The van der Waals surface area contributed by atoms with Crippen LogP contribution in [-0.2, 0) is 0 Å². The van der Waals surface area contributed by atoms with Crippen LogP contribution >= 0.6 is 0 Å². The lowest BCUT2D eigenvalue weighted by Gasteiger charge is -2.18. The molecule has 16 heavy (non-hydrogen) atoms. The first kappa shape index (κ1) is 13.2. The molecule has 0 fully saturated rings. The molecule has 0 bridgehead atoms. The van der Waals surface area contributed by atoms with Crippen LogP contribution in [0.25, 0.3) is 0 Å². The molecule has 0 saturated carbocycles. The van der Waals surface area contributed by atoms with Gasteiger partial charge in [-0.1, -0.05) is 28.9 Å². The first-order valence-corrected chi connectivity index (χ1v) is 6.16. The van der Waals surface area contributed by atoms with Crippen molar-refractivity contribution in [1.29, 1.82) is 0 Å². The highest BCUT2D eigenvalue weighted by Gasteiger charge is 2.13. The maximum absolute atomic E-state index is 10.2. The van der Waals surface area contributed by atoms with E-state index in [1.54, 1.807) is 0 Å². The Morgan fingerprint density at radius 3 is 2.50 bits per heavy atom. The molecular formula is C15H24O. The molecule has 1 nitrogen and oxygen atoms in total. The monoisotopic (exact) mass is 220 g/mol. The third-order valence-electron chi connectivity index (χ3n) is 3.26. The van der Waals surface area contributed by atoms with Crippen LogP contribution in [0.5, 0.6) is 0 Å². The number of hydrogen-bond donors (Lipinski definition) is 1. The largest absolute Gasteiger partial charge is 0.388 e. The van der Waals surface area contributed by atoms with E-state index >= 15 is 0 Å². The Labute approximate surface area is 99.6 Å². The summed E-state index contributed by atoms with van der Waals surface area (Å²) >= 11 is 0. The molecule has 1 aliphatic rings. The summed E-state index contributed by atoms with van der Waals surface area (Å²) in [6, 6.07) is 0. The third-order valence-corrected chi connectivity index (χ3v) is 3.26. The highest BCUT2D eigenvalue weighted by atomic mass is 16.3. The Morgan fingerprint density at radius 1 is 1.19 bits per heavy atom. The molecule has 0 amide bonds. The average Bonchev–Trinajstić information content (AvgIpc) is 2.16. The van der Waals surface area contributed by atoms with E-state index < -0.39 is 0 Å². The SMILES string of the molecule is CC(C)=C1C/C=C(\C)CC/C=C(\C)CC1O. The summed E-state index contributed by atoms with van der Waals surface area (Å²) in [6.07, 6.45) is 8.16. The average molecular weight is 220 g/mol. The van der Waals surface area contributed by atoms with Gasteiger partial charge in [0.25, 0.3) is 0 Å². The van der Waals surface area contributed by atoms with Gasteiger partial charge in [-0.25, -0.2) is 0 Å². The second-order valence-electron chi connectivity index (χ2n) is 5.09. The molecule has 0 aromatic carbocycles. The Balaban J connectivity index is 2.94. The maximum Gasteiger partial charge on any atom is 0.0792 e. The van der Waals surface area contributed by atoms with Crippen LogP contribution in [0.3, 0.4) is 0 Å². The van der Waals surface area contributed by atoms with Crippen molar-refractivity contribution < 1.29 is 5.11 Å². The smallest absolute Gasteiger partial charge is 0.0792 e. The van der Waals surface area contributed by atoms with E-state index in [0.717, 1.165) is 25.7 Å². The summed E-state index contributed by atoms with van der Waals surface area (Å²) in [5, 5.41) is 10.2. The van der Waals surface area contributed by atoms with Crippen LogP contribution in [0.15, 0.2) is 34.4 Å². The van der Waals surface area contributed by atoms with E-state index in [4.69, 9.17) is 0 Å². The van der Waals surface area contributed by atoms with Crippen molar-refractivity contribution in [3.63, 3.8) is 0 Å². The molecule has 1 heteroatoms. The minimum atomic E-state index is -0.302. The van der Waals surface area contributed by atoms with Gasteiger partial charge in [0.2, 0.25) is 0 Å². The lowest BCUT2D eigenvalue weighted by Crippen LogP contribution is -2.12. The van der Waals surface area contributed by atoms with Crippen LogP contribution in [0, 0.1) is 0 Å². The van der Waals surface area contributed by atoms with Crippen LogP contribution < -0.4 is 0 Å². The predicted molar refractivity (Wildman–Crippen MR) is 70.4 cm³/mol. The number of aliphatic hydroxyl groups is 1. The maximum atomic E-state index is 10.2. The van der Waals surface area contributed by atoms with Crippen molar-refractivity contribution in [2.24, 2.45) is 0 Å². The van der Waals surface area contributed by atoms with E-state index in [0.29, 0.717) is 0 Å². The molecular weight excluding hydrogens is 196 g/mol. The Morgan fingerprint density at radius 2 is 1.88 bits per heavy atom. The van der Waals surface area contributed by atoms with Gasteiger partial charge in [0.15, 0.2) is 0 Å². The summed E-state index contributed by atoms with van der Waals surface area (Å²) in [5.41, 5.74) is 5.18. The summed E-state index contributed by atoms with van der Waals surface area (Å²) in [4.78, 5) is 0. The quantitative estimate of drug-likeness (QED) is 0.608. The summed E-state index contributed by atoms with van der Waals surface area (Å²) in [6.45, 7) is 8.48. The molecule has 0 aromatic rings. The Kier molecular flexibility index (Phi) is 5.01. The zero-order chi connectivity index (χ0) is 12.1. The molecule has 1 N–H and O–H groups in total. The van der Waals surface area contributed by atoms with Crippen molar-refractivity contribution >= 4 is 0 Å². The van der Waals surface area contributed by atoms with Crippen LogP contribution in [0.1, 0.15) is 53.4 Å². The molecule has 90 valence electrons. The van der Waals surface area contributed by atoms with E-state index in [-0.39, 0.29) is 6.10 Å². The van der Waals surface area contributed by atoms with Crippen LogP contribution in [0.4, 0.5) is 0 Å². The number of aliphatic hydroxyl groups excluding tert-OH is 1. The van der Waals surface area contributed by atoms with Gasteiger partial charge >= 0.3 is 0 Å². The molecule has 0 heterocycles. The van der Waals surface area contributed by atoms with Crippen molar-refractivity contribution in [2.45, 2.75) is 59.5 Å². The Hall–Kier alpha value is -0.820. The van der Waals surface area contributed by atoms with Crippen molar-refractivity contribution in [3.8, 4) is 0 Å². The van der Waals surface area contributed by atoms with Gasteiger partial charge in [-0.3, -0.25) is 0 Å². The summed E-state index contributed by atoms with van der Waals surface area (Å²) < 4.78 is 0. The molecule has 0 aliphatic heterocycles. The second-order valence-corrected chi connectivity index (χ2v) is 5.09. The van der Waals surface area contributed by atoms with Gasteiger partial charge in [0.05, 0.1) is 6.10 Å². The first-order valence-electron chi connectivity index (χ1n) is 6.16. The molecule has 1 aliphatic carbocycles. The van der Waals surface area contributed by atoms with Crippen molar-refractivity contribution in [2.75, 3.05) is 0 Å². The van der Waals surface area contributed by atoms with Gasteiger partial charge in [0, 0.05) is 0 Å². The van der Waals surface area contributed by atoms with Crippen LogP contribution in [-0.4, -0.2) is 11.2 Å². The lowest BCUT2D eigenvalue weighted by molar-refractivity contribution is 0.207. The van der Waals surface area contributed by atoms with Gasteiger partial charge in [-0.15, -0.1) is 0 Å². The van der Waals surface area contributed by atoms with E-state index in [9.17, 15) is 5.11 Å². The highest BCUT2D eigenvalue weighted by molar-refractivity contribution is 5.22. The first-order chi connectivity index (χ1) is 7.50. The fourth-order valence-corrected chi connectivity index (χ4v) is 2.12. The summed E-state index contributed by atoms with van der Waals surface area (Å²) in [5.74, 6) is 0. The zero-order valence-corrected chi connectivity index (χ0v) is 11.0. The van der Waals surface area contributed by atoms with Crippen molar-refractivity contribution in [1.82, 2.24) is 0 Å². The van der Waals surface area contributed by atoms with E-state index in [2.05, 4.69) is 39.8 Å². The number of hydrogen-bond acceptors (Lipinski definition) is 1. The van der Waals surface area contributed by atoms with Gasteiger partial charge in [-0.05, 0) is 59.0 Å². The zero-order valence-electron chi connectivity index (χ0n) is 11.0. The lowest BCUT2D eigenvalue weighted by atomic mass is 9.93. The third kappa shape index (κ3) is 3.97. The normalized spacial score (nSPS) is 30.1. The number of allylic oxidation sites excluding steroid dienone is 4. The Bertz CT molecular complexity index is 327. The fourth-order valence-electron chi connectivity index (χ4n) is 2.12. The number of rotatable bonds is 0. The molecule has 1 atom stereocenters. The topological polar surface area (TPSA) is 20.2 Å². The second kappa shape index (κ2) is 6.05. The fraction of sp³-hybridized carbons (Fsp3) is 0.600. The summed E-state index contributed by atoms with van der Waals surface area (Å²) in [7, 11) is 0. The van der Waals surface area contributed by atoms with E-state index in [1.807, 2.05) is 0 Å². The van der Waals surface area contributed by atoms with E-state index in [1.165, 1.54) is 22.3 Å². The highest BCUT2D eigenvalue weighted by Crippen LogP contribution is 2.23. The predicted octanol–water partition coefficient (Wildman–Crippen LogP) is 4.15. The van der Waals surface area contributed by atoms with Crippen molar-refractivity contribution in [3.05, 3.63) is 34.4 Å². The minimum Gasteiger partial charge on any atom is -0.388 e. The van der Waals surface area contributed by atoms with Gasteiger partial charge < -0.3 is 5.11 Å².